The molecular formula is C13H20O4. The molecule has 0 amide bonds. The van der Waals surface area contributed by atoms with E-state index in [4.69, 9.17) is 9.47 Å². The first-order valence-corrected chi connectivity index (χ1v) is 6.40. The van der Waals surface area contributed by atoms with Crippen LogP contribution in [0.4, 0.5) is 0 Å². The van der Waals surface area contributed by atoms with Crippen molar-refractivity contribution < 1.29 is 19.4 Å². The molecule has 0 heterocycles. The van der Waals surface area contributed by atoms with Gasteiger partial charge in [0, 0.05) is 18.9 Å². The summed E-state index contributed by atoms with van der Waals surface area (Å²) in [6.45, 7) is 0. The summed E-state index contributed by atoms with van der Waals surface area (Å²) in [4.78, 5) is 12.0. The zero-order valence-electron chi connectivity index (χ0n) is 10.4. The lowest BCUT2D eigenvalue weighted by Crippen LogP contribution is -2.63. The van der Waals surface area contributed by atoms with E-state index in [0.717, 1.165) is 32.1 Å². The van der Waals surface area contributed by atoms with E-state index in [2.05, 4.69) is 0 Å². The van der Waals surface area contributed by atoms with Gasteiger partial charge in [0.25, 0.3) is 0 Å². The van der Waals surface area contributed by atoms with Crippen LogP contribution in [0, 0.1) is 23.2 Å². The van der Waals surface area contributed by atoms with Gasteiger partial charge in [0.15, 0.2) is 5.79 Å². The van der Waals surface area contributed by atoms with Gasteiger partial charge in [-0.15, -0.1) is 0 Å². The average Bonchev–Trinajstić information content (AvgIpc) is 2.33. The van der Waals surface area contributed by atoms with Crippen LogP contribution in [0.3, 0.4) is 0 Å². The third-order valence-electron chi connectivity index (χ3n) is 5.30. The molecule has 0 saturated heterocycles. The Morgan fingerprint density at radius 3 is 2.24 bits per heavy atom. The van der Waals surface area contributed by atoms with Gasteiger partial charge in [-0.25, -0.2) is 0 Å². The van der Waals surface area contributed by atoms with Gasteiger partial charge in [-0.2, -0.15) is 0 Å². The zero-order chi connectivity index (χ0) is 12.3. The van der Waals surface area contributed by atoms with Gasteiger partial charge in [0.2, 0.25) is 0 Å². The van der Waals surface area contributed by atoms with Crippen LogP contribution in [0.25, 0.3) is 0 Å². The Morgan fingerprint density at radius 2 is 1.76 bits per heavy atom. The predicted molar refractivity (Wildman–Crippen MR) is 60.0 cm³/mol. The average molecular weight is 240 g/mol. The summed E-state index contributed by atoms with van der Waals surface area (Å²) < 4.78 is 10.4. The number of aliphatic hydroxyl groups is 1. The second-order valence-electron chi connectivity index (χ2n) is 6.07. The van der Waals surface area contributed by atoms with Crippen molar-refractivity contribution in [1.82, 2.24) is 0 Å². The van der Waals surface area contributed by atoms with Crippen LogP contribution in [-0.2, 0) is 14.3 Å². The van der Waals surface area contributed by atoms with E-state index in [1.165, 1.54) is 7.11 Å². The van der Waals surface area contributed by atoms with E-state index < -0.39 is 5.79 Å². The summed E-state index contributed by atoms with van der Waals surface area (Å²) in [7, 11) is 3.04. The lowest BCUT2D eigenvalue weighted by atomic mass is 9.47. The molecule has 4 saturated carbocycles. The Labute approximate surface area is 101 Å². The van der Waals surface area contributed by atoms with Gasteiger partial charge < -0.3 is 14.6 Å². The van der Waals surface area contributed by atoms with E-state index in [9.17, 15) is 9.90 Å². The second kappa shape index (κ2) is 3.45. The fraction of sp³-hybridized carbons (Fsp3) is 0.923. The van der Waals surface area contributed by atoms with Crippen molar-refractivity contribution >= 4 is 5.97 Å². The topological polar surface area (TPSA) is 55.8 Å². The van der Waals surface area contributed by atoms with Crippen molar-refractivity contribution in [1.29, 1.82) is 0 Å². The molecule has 4 bridgehead atoms. The molecule has 4 fully saturated rings. The number of rotatable bonds is 2. The number of esters is 1. The Kier molecular flexibility index (Phi) is 2.33. The van der Waals surface area contributed by atoms with Gasteiger partial charge in [-0.1, -0.05) is 0 Å². The number of hydrogen-bond donors (Lipinski definition) is 1. The highest BCUT2D eigenvalue weighted by Gasteiger charge is 2.65. The highest BCUT2D eigenvalue weighted by atomic mass is 16.6. The summed E-state index contributed by atoms with van der Waals surface area (Å²) in [6.07, 6.45) is 4.35. The first-order chi connectivity index (χ1) is 8.04. The SMILES string of the molecule is COC(=O)C12CC3C[C@@H](C1)C(O)(OC)[C@@H](C3)C2. The molecule has 1 N–H and O–H groups in total. The van der Waals surface area contributed by atoms with Crippen molar-refractivity contribution in [3.05, 3.63) is 0 Å². The predicted octanol–water partition coefficient (Wildman–Crippen LogP) is 1.32. The van der Waals surface area contributed by atoms with Crippen molar-refractivity contribution in [2.24, 2.45) is 23.2 Å². The molecule has 4 rings (SSSR count). The summed E-state index contributed by atoms with van der Waals surface area (Å²) >= 11 is 0. The molecule has 17 heavy (non-hydrogen) atoms. The maximum absolute atomic E-state index is 12.0. The van der Waals surface area contributed by atoms with Gasteiger partial charge in [-0.3, -0.25) is 4.79 Å². The van der Waals surface area contributed by atoms with Crippen molar-refractivity contribution in [3.8, 4) is 0 Å². The smallest absolute Gasteiger partial charge is 0.311 e. The van der Waals surface area contributed by atoms with Crippen LogP contribution in [0.1, 0.15) is 32.1 Å². The maximum Gasteiger partial charge on any atom is 0.311 e. The summed E-state index contributed by atoms with van der Waals surface area (Å²) in [6, 6.07) is 0. The summed E-state index contributed by atoms with van der Waals surface area (Å²) in [5.41, 5.74) is -0.337. The summed E-state index contributed by atoms with van der Waals surface area (Å²) in [5.74, 6) is -0.346. The van der Waals surface area contributed by atoms with E-state index in [1.54, 1.807) is 7.11 Å². The number of ether oxygens (including phenoxy) is 2. The Bertz CT molecular complexity index is 335. The van der Waals surface area contributed by atoms with Crippen LogP contribution >= 0.6 is 0 Å². The molecule has 0 radical (unpaired) electrons. The van der Waals surface area contributed by atoms with Gasteiger partial charge >= 0.3 is 5.97 Å². The molecule has 0 aromatic carbocycles. The molecule has 4 heteroatoms. The Balaban J connectivity index is 1.95. The number of methoxy groups -OCH3 is 2. The molecule has 0 spiro atoms. The van der Waals surface area contributed by atoms with Crippen molar-refractivity contribution in [3.63, 3.8) is 0 Å². The molecule has 4 nitrogen and oxygen atoms in total. The normalized spacial score (nSPS) is 51.6. The molecule has 0 aromatic rings. The van der Waals surface area contributed by atoms with Crippen molar-refractivity contribution in [2.45, 2.75) is 37.9 Å². The minimum Gasteiger partial charge on any atom is -0.469 e. The lowest BCUT2D eigenvalue weighted by Gasteiger charge is -2.61. The Hall–Kier alpha value is -0.610. The third-order valence-corrected chi connectivity index (χ3v) is 5.30. The van der Waals surface area contributed by atoms with E-state index in [1.807, 2.05) is 0 Å². The monoisotopic (exact) mass is 240 g/mol. The molecular weight excluding hydrogens is 220 g/mol. The lowest BCUT2D eigenvalue weighted by molar-refractivity contribution is -0.317. The third kappa shape index (κ3) is 1.34. The fourth-order valence-electron chi connectivity index (χ4n) is 4.74. The first-order valence-electron chi connectivity index (χ1n) is 6.40. The first kappa shape index (κ1) is 11.5. The van der Waals surface area contributed by atoms with Gasteiger partial charge in [0.05, 0.1) is 12.5 Å². The van der Waals surface area contributed by atoms with Crippen LogP contribution in [0.2, 0.25) is 0 Å². The largest absolute Gasteiger partial charge is 0.469 e. The number of carbonyl (C=O) groups is 1. The molecule has 2 atom stereocenters. The minimum absolute atomic E-state index is 0.0879. The highest BCUT2D eigenvalue weighted by Crippen LogP contribution is 2.63. The quantitative estimate of drug-likeness (QED) is 0.584. The molecule has 0 unspecified atom stereocenters. The van der Waals surface area contributed by atoms with Gasteiger partial charge in [0.1, 0.15) is 0 Å². The molecule has 4 aliphatic rings. The van der Waals surface area contributed by atoms with E-state index in [-0.39, 0.29) is 23.2 Å². The standard InChI is InChI=1S/C13H20O4/c1-16-11(14)12-5-8-3-9(6-12)13(15,17-2)10(4-8)7-12/h8-10,15H,3-7H2,1-2H3/t8?,9-,10-,12?,13?/m0/s1. The second-order valence-corrected chi connectivity index (χ2v) is 6.07. The van der Waals surface area contributed by atoms with E-state index in [0.29, 0.717) is 5.92 Å². The fourth-order valence-corrected chi connectivity index (χ4v) is 4.74. The maximum atomic E-state index is 12.0. The van der Waals surface area contributed by atoms with Crippen LogP contribution in [0.5, 0.6) is 0 Å². The number of carbonyl (C=O) groups excluding carboxylic acids is 1. The molecule has 0 aromatic heterocycles. The molecule has 4 aliphatic carbocycles. The van der Waals surface area contributed by atoms with Crippen LogP contribution in [0.15, 0.2) is 0 Å². The zero-order valence-corrected chi connectivity index (χ0v) is 10.4. The minimum atomic E-state index is -1.01. The van der Waals surface area contributed by atoms with Crippen LogP contribution < -0.4 is 0 Å². The van der Waals surface area contributed by atoms with E-state index >= 15 is 0 Å². The van der Waals surface area contributed by atoms with Crippen molar-refractivity contribution in [2.75, 3.05) is 14.2 Å². The van der Waals surface area contributed by atoms with Gasteiger partial charge in [-0.05, 0) is 38.0 Å². The summed E-state index contributed by atoms with van der Waals surface area (Å²) in [5, 5.41) is 10.6. The molecule has 0 aliphatic heterocycles. The molecule has 96 valence electrons. The van der Waals surface area contributed by atoms with Crippen LogP contribution in [-0.4, -0.2) is 31.1 Å². The number of hydrogen-bond acceptors (Lipinski definition) is 4. The Morgan fingerprint density at radius 1 is 1.18 bits per heavy atom. The highest BCUT2D eigenvalue weighted by molar-refractivity contribution is 5.77.